The summed E-state index contributed by atoms with van der Waals surface area (Å²) in [5.74, 6) is 0. The third-order valence-electron chi connectivity index (χ3n) is 4.23. The molecule has 0 saturated heterocycles. The van der Waals surface area contributed by atoms with Crippen molar-refractivity contribution in [2.75, 3.05) is 14.1 Å². The Labute approximate surface area is 143 Å². The van der Waals surface area contributed by atoms with E-state index in [1.807, 2.05) is 98.0 Å². The van der Waals surface area contributed by atoms with Gasteiger partial charge in [0.25, 0.3) is 0 Å². The highest BCUT2D eigenvalue weighted by Gasteiger charge is 2.35. The maximum Gasteiger partial charge on any atom is 0.210 e. The van der Waals surface area contributed by atoms with Crippen molar-refractivity contribution in [1.29, 1.82) is 0 Å². The van der Waals surface area contributed by atoms with Crippen molar-refractivity contribution in [3.8, 4) is 5.69 Å². The normalized spacial score (nSPS) is 13.9. The lowest BCUT2D eigenvalue weighted by molar-refractivity contribution is 0.533. The van der Waals surface area contributed by atoms with Crippen LogP contribution in [0.25, 0.3) is 5.69 Å². The lowest BCUT2D eigenvalue weighted by Gasteiger charge is -2.26. The van der Waals surface area contributed by atoms with E-state index < -0.39 is 7.29 Å². The average molecular weight is 339 g/mol. The molecular weight excluding hydrogens is 317 g/mol. The zero-order chi connectivity index (χ0) is 17.3. The predicted octanol–water partition coefficient (Wildman–Crippen LogP) is 3.28. The summed E-state index contributed by atoms with van der Waals surface area (Å²) in [6.45, 7) is 3.92. The van der Waals surface area contributed by atoms with Crippen molar-refractivity contribution in [2.45, 2.75) is 13.8 Å². The summed E-state index contributed by atoms with van der Waals surface area (Å²) in [5, 5.41) is 6.32. The van der Waals surface area contributed by atoms with Crippen molar-refractivity contribution in [3.05, 3.63) is 72.1 Å². The van der Waals surface area contributed by atoms with E-state index in [1.165, 1.54) is 0 Å². The molecule has 5 heteroatoms. The molecule has 0 radical (unpaired) electrons. The summed E-state index contributed by atoms with van der Waals surface area (Å²) >= 11 is 0. The largest absolute Gasteiger partial charge is 0.296 e. The second-order valence-electron chi connectivity index (χ2n) is 6.03. The minimum Gasteiger partial charge on any atom is -0.296 e. The minimum absolute atomic E-state index is 0.803. The van der Waals surface area contributed by atoms with Gasteiger partial charge in [0.15, 0.2) is 0 Å². The van der Waals surface area contributed by atoms with Crippen molar-refractivity contribution < 1.29 is 4.57 Å². The first kappa shape index (κ1) is 16.7. The maximum absolute atomic E-state index is 14.1. The molecule has 1 atom stereocenters. The third-order valence-corrected chi connectivity index (χ3v) is 7.60. The van der Waals surface area contributed by atoms with Crippen LogP contribution in [0.4, 0.5) is 0 Å². The van der Waals surface area contributed by atoms with Gasteiger partial charge in [-0.2, -0.15) is 5.10 Å². The van der Waals surface area contributed by atoms with Crippen LogP contribution in [0, 0.1) is 13.8 Å². The van der Waals surface area contributed by atoms with E-state index in [1.54, 1.807) is 0 Å². The highest BCUT2D eigenvalue weighted by molar-refractivity contribution is 7.76. The number of rotatable bonds is 4. The lowest BCUT2D eigenvalue weighted by Crippen LogP contribution is -2.29. The molecule has 1 heterocycles. The van der Waals surface area contributed by atoms with Crippen LogP contribution in [0.1, 0.15) is 11.4 Å². The Morgan fingerprint density at radius 1 is 0.917 bits per heavy atom. The Bertz CT molecular complexity index is 886. The van der Waals surface area contributed by atoms with Crippen LogP contribution in [0.3, 0.4) is 0 Å². The van der Waals surface area contributed by atoms with Crippen LogP contribution < -0.4 is 10.6 Å². The topological polar surface area (TPSA) is 38.1 Å². The molecule has 0 fully saturated rings. The van der Waals surface area contributed by atoms with Gasteiger partial charge in [-0.3, -0.25) is 9.24 Å². The van der Waals surface area contributed by atoms with E-state index in [0.717, 1.165) is 27.7 Å². The molecule has 24 heavy (non-hydrogen) atoms. The second-order valence-corrected chi connectivity index (χ2v) is 8.94. The van der Waals surface area contributed by atoms with E-state index in [2.05, 4.69) is 5.10 Å². The number of para-hydroxylation sites is 1. The highest BCUT2D eigenvalue weighted by atomic mass is 31.2. The first-order valence-corrected chi connectivity index (χ1v) is 9.58. The van der Waals surface area contributed by atoms with Gasteiger partial charge in [0.05, 0.1) is 22.4 Å². The second kappa shape index (κ2) is 6.39. The summed E-state index contributed by atoms with van der Waals surface area (Å²) < 4.78 is 17.8. The Morgan fingerprint density at radius 3 is 2.00 bits per heavy atom. The Balaban J connectivity index is 2.25. The molecule has 0 amide bonds. The molecule has 3 rings (SSSR count). The van der Waals surface area contributed by atoms with Gasteiger partial charge in [0, 0.05) is 5.30 Å². The zero-order valence-corrected chi connectivity index (χ0v) is 15.4. The average Bonchev–Trinajstić information content (AvgIpc) is 2.90. The minimum atomic E-state index is -2.92. The zero-order valence-electron chi connectivity index (χ0n) is 14.5. The number of nitrogens with zero attached hydrogens (tertiary/aromatic N) is 3. The van der Waals surface area contributed by atoms with Crippen LogP contribution >= 0.6 is 7.29 Å². The summed E-state index contributed by atoms with van der Waals surface area (Å²) in [7, 11) is 0.814. The molecule has 0 saturated carbocycles. The Kier molecular flexibility index (Phi) is 4.44. The fourth-order valence-electron chi connectivity index (χ4n) is 3.08. The number of hydrogen-bond donors (Lipinski definition) is 0. The number of hydrogen-bond acceptors (Lipinski definition) is 2. The summed E-state index contributed by atoms with van der Waals surface area (Å²) in [6.07, 6.45) is 0. The standard InChI is InChI=1S/C19H22N3OP/c1-15-19(16(2)22(20-15)17-11-7-5-8-12-17)24(23,21(3)4)18-13-9-6-10-14-18/h5-14H,1-4H3/t24-/m1/s1. The molecule has 0 N–H and O–H groups in total. The smallest absolute Gasteiger partial charge is 0.210 e. The van der Waals surface area contributed by atoms with Crippen LogP contribution in [-0.2, 0) is 4.57 Å². The molecule has 0 bridgehead atoms. The molecule has 0 spiro atoms. The molecule has 0 unspecified atom stereocenters. The van der Waals surface area contributed by atoms with Crippen LogP contribution in [0.5, 0.6) is 0 Å². The van der Waals surface area contributed by atoms with Gasteiger partial charge in [-0.25, -0.2) is 4.68 Å². The van der Waals surface area contributed by atoms with E-state index in [9.17, 15) is 4.57 Å². The van der Waals surface area contributed by atoms with Crippen molar-refractivity contribution in [1.82, 2.24) is 14.5 Å². The van der Waals surface area contributed by atoms with Crippen molar-refractivity contribution in [3.63, 3.8) is 0 Å². The molecule has 3 aromatic rings. The first-order chi connectivity index (χ1) is 11.5. The molecule has 0 aliphatic heterocycles. The predicted molar refractivity (Wildman–Crippen MR) is 100 cm³/mol. The maximum atomic E-state index is 14.1. The quantitative estimate of drug-likeness (QED) is 0.685. The van der Waals surface area contributed by atoms with Gasteiger partial charge in [0.1, 0.15) is 0 Å². The van der Waals surface area contributed by atoms with Gasteiger partial charge in [0.2, 0.25) is 7.29 Å². The van der Waals surface area contributed by atoms with Crippen LogP contribution in [0.15, 0.2) is 60.7 Å². The number of aryl methyl sites for hydroxylation is 1. The van der Waals surface area contributed by atoms with E-state index in [0.29, 0.717) is 0 Å². The SMILES string of the molecule is Cc1nn(-c2ccccc2)c(C)c1[P@](=O)(c1ccccc1)N(C)C. The van der Waals surface area contributed by atoms with Crippen LogP contribution in [-0.4, -0.2) is 28.5 Å². The fourth-order valence-corrected chi connectivity index (χ4v) is 5.80. The molecular formula is C19H22N3OP. The van der Waals surface area contributed by atoms with Crippen molar-refractivity contribution >= 4 is 17.9 Å². The third kappa shape index (κ3) is 2.62. The molecule has 1 aromatic heterocycles. The molecule has 0 aliphatic carbocycles. The van der Waals surface area contributed by atoms with Gasteiger partial charge in [-0.1, -0.05) is 36.4 Å². The number of benzene rings is 2. The van der Waals surface area contributed by atoms with E-state index >= 15 is 0 Å². The fraction of sp³-hybridized carbons (Fsp3) is 0.211. The van der Waals surface area contributed by atoms with Gasteiger partial charge in [-0.15, -0.1) is 0 Å². The molecule has 2 aromatic carbocycles. The van der Waals surface area contributed by atoms with E-state index in [-0.39, 0.29) is 0 Å². The number of aromatic nitrogens is 2. The van der Waals surface area contributed by atoms with Gasteiger partial charge >= 0.3 is 0 Å². The van der Waals surface area contributed by atoms with Crippen LogP contribution in [0.2, 0.25) is 0 Å². The summed E-state index contributed by atoms with van der Waals surface area (Å²) in [6, 6.07) is 19.6. The van der Waals surface area contributed by atoms with Gasteiger partial charge in [-0.05, 0) is 52.2 Å². The molecule has 0 aliphatic rings. The lowest BCUT2D eigenvalue weighted by atomic mass is 10.3. The van der Waals surface area contributed by atoms with Crippen molar-refractivity contribution in [2.24, 2.45) is 0 Å². The highest BCUT2D eigenvalue weighted by Crippen LogP contribution is 2.47. The molecule has 4 nitrogen and oxygen atoms in total. The monoisotopic (exact) mass is 339 g/mol. The Morgan fingerprint density at radius 2 is 1.46 bits per heavy atom. The molecule has 124 valence electrons. The summed E-state index contributed by atoms with van der Waals surface area (Å²) in [4.78, 5) is 0. The van der Waals surface area contributed by atoms with E-state index in [4.69, 9.17) is 0 Å². The van der Waals surface area contributed by atoms with Gasteiger partial charge < -0.3 is 0 Å². The summed E-state index contributed by atoms with van der Waals surface area (Å²) in [5.41, 5.74) is 2.69. The Hall–Kier alpha value is -2.16. The first-order valence-electron chi connectivity index (χ1n) is 7.92.